The summed E-state index contributed by atoms with van der Waals surface area (Å²) in [6, 6.07) is 6.18. The van der Waals surface area contributed by atoms with Crippen molar-refractivity contribution in [2.45, 2.75) is 6.92 Å². The third-order valence-electron chi connectivity index (χ3n) is 2.27. The van der Waals surface area contributed by atoms with Crippen molar-refractivity contribution in [3.05, 3.63) is 23.8 Å². The molecule has 2 heteroatoms. The van der Waals surface area contributed by atoms with E-state index >= 15 is 0 Å². The molecule has 0 fully saturated rings. The van der Waals surface area contributed by atoms with Gasteiger partial charge in [-0.3, -0.25) is 0 Å². The fraction of sp³-hybridized carbons (Fsp3) is 0.400. The summed E-state index contributed by atoms with van der Waals surface area (Å²) in [5.41, 5.74) is 2.53. The van der Waals surface area contributed by atoms with Gasteiger partial charge in [0.25, 0.3) is 0 Å². The molecular formula is C10H13NO. The topological polar surface area (TPSA) is 12.5 Å². The Labute approximate surface area is 72.8 Å². The molecule has 0 aliphatic carbocycles. The van der Waals surface area contributed by atoms with Crippen LogP contribution < -0.4 is 9.64 Å². The van der Waals surface area contributed by atoms with E-state index in [0.29, 0.717) is 0 Å². The number of benzene rings is 1. The highest BCUT2D eigenvalue weighted by atomic mass is 16.5. The van der Waals surface area contributed by atoms with Gasteiger partial charge in [0.15, 0.2) is 0 Å². The van der Waals surface area contributed by atoms with Crippen molar-refractivity contribution in [2.24, 2.45) is 0 Å². The number of ether oxygens (including phenoxy) is 1. The van der Waals surface area contributed by atoms with Crippen molar-refractivity contribution < 1.29 is 4.74 Å². The van der Waals surface area contributed by atoms with Crippen LogP contribution in [0.4, 0.5) is 5.69 Å². The first-order chi connectivity index (χ1) is 5.79. The summed E-state index contributed by atoms with van der Waals surface area (Å²) in [4.78, 5) is 2.24. The van der Waals surface area contributed by atoms with Crippen LogP contribution in [0.15, 0.2) is 18.2 Å². The number of aryl methyl sites for hydroxylation is 1. The number of hydrogen-bond donors (Lipinski definition) is 0. The average molecular weight is 163 g/mol. The zero-order chi connectivity index (χ0) is 8.55. The molecule has 1 heterocycles. The number of anilines is 1. The Morgan fingerprint density at radius 1 is 1.42 bits per heavy atom. The summed E-state index contributed by atoms with van der Waals surface area (Å²) in [5.74, 6) is 1.02. The molecule has 0 radical (unpaired) electrons. The van der Waals surface area contributed by atoms with Gasteiger partial charge in [-0.15, -0.1) is 0 Å². The van der Waals surface area contributed by atoms with Gasteiger partial charge in [0.05, 0.1) is 12.2 Å². The fourth-order valence-electron chi connectivity index (χ4n) is 1.64. The minimum Gasteiger partial charge on any atom is -0.490 e. The standard InChI is InChI=1S/C10H13NO/c1-8-4-3-5-9-10(8)11(2)6-7-12-9/h3-5H,6-7H2,1-2H3. The molecule has 2 rings (SSSR count). The van der Waals surface area contributed by atoms with Gasteiger partial charge >= 0.3 is 0 Å². The predicted molar refractivity (Wildman–Crippen MR) is 49.9 cm³/mol. The molecule has 0 spiro atoms. The molecule has 0 aromatic heterocycles. The van der Waals surface area contributed by atoms with E-state index in [2.05, 4.69) is 24.9 Å². The molecule has 0 saturated heterocycles. The van der Waals surface area contributed by atoms with Crippen LogP contribution in [-0.2, 0) is 0 Å². The van der Waals surface area contributed by atoms with Gasteiger partial charge in [-0.05, 0) is 18.6 Å². The van der Waals surface area contributed by atoms with Gasteiger partial charge in [-0.25, -0.2) is 0 Å². The third kappa shape index (κ3) is 1.04. The van der Waals surface area contributed by atoms with Crippen LogP contribution in [-0.4, -0.2) is 20.2 Å². The molecule has 1 aromatic carbocycles. The minimum atomic E-state index is 0.799. The zero-order valence-electron chi connectivity index (χ0n) is 7.50. The molecule has 1 aliphatic rings. The van der Waals surface area contributed by atoms with E-state index in [1.807, 2.05) is 12.1 Å². The first-order valence-electron chi connectivity index (χ1n) is 4.22. The second-order valence-corrected chi connectivity index (χ2v) is 3.19. The molecule has 0 N–H and O–H groups in total. The van der Waals surface area contributed by atoms with Crippen molar-refractivity contribution >= 4 is 5.69 Å². The number of likely N-dealkylation sites (N-methyl/N-ethyl adjacent to an activating group) is 1. The summed E-state index contributed by atoms with van der Waals surface area (Å²) >= 11 is 0. The van der Waals surface area contributed by atoms with Crippen LogP contribution in [0.3, 0.4) is 0 Å². The Morgan fingerprint density at radius 2 is 2.25 bits per heavy atom. The second kappa shape index (κ2) is 2.70. The summed E-state index contributed by atoms with van der Waals surface area (Å²) in [6.45, 7) is 3.90. The first kappa shape index (κ1) is 7.47. The van der Waals surface area contributed by atoms with Crippen molar-refractivity contribution in [3.8, 4) is 5.75 Å². The van der Waals surface area contributed by atoms with Gasteiger partial charge in [0.1, 0.15) is 12.4 Å². The lowest BCUT2D eigenvalue weighted by molar-refractivity contribution is 0.311. The lowest BCUT2D eigenvalue weighted by atomic mass is 10.1. The zero-order valence-corrected chi connectivity index (χ0v) is 7.50. The maximum atomic E-state index is 5.53. The molecule has 0 bridgehead atoms. The van der Waals surface area contributed by atoms with Crippen LogP contribution in [0.25, 0.3) is 0 Å². The van der Waals surface area contributed by atoms with Gasteiger partial charge in [0, 0.05) is 7.05 Å². The molecule has 0 saturated carbocycles. The van der Waals surface area contributed by atoms with Gasteiger partial charge < -0.3 is 9.64 Å². The lowest BCUT2D eigenvalue weighted by Gasteiger charge is -2.29. The Bertz CT molecular complexity index is 296. The van der Waals surface area contributed by atoms with Gasteiger partial charge in [-0.2, -0.15) is 0 Å². The molecule has 12 heavy (non-hydrogen) atoms. The molecule has 64 valence electrons. The third-order valence-corrected chi connectivity index (χ3v) is 2.27. The first-order valence-corrected chi connectivity index (χ1v) is 4.22. The second-order valence-electron chi connectivity index (χ2n) is 3.19. The summed E-state index contributed by atoms with van der Waals surface area (Å²) < 4.78 is 5.53. The maximum absolute atomic E-state index is 5.53. The van der Waals surface area contributed by atoms with Crippen LogP contribution in [0.5, 0.6) is 5.75 Å². The summed E-state index contributed by atoms with van der Waals surface area (Å²) in [6.07, 6.45) is 0. The Balaban J connectivity index is 2.53. The van der Waals surface area contributed by atoms with Crippen LogP contribution in [0.1, 0.15) is 5.56 Å². The SMILES string of the molecule is Cc1cccc2c1N(C)CCO2. The number of fused-ring (bicyclic) bond motifs is 1. The fourth-order valence-corrected chi connectivity index (χ4v) is 1.64. The highest BCUT2D eigenvalue weighted by Crippen LogP contribution is 2.33. The van der Waals surface area contributed by atoms with E-state index in [1.165, 1.54) is 11.3 Å². The lowest BCUT2D eigenvalue weighted by Crippen LogP contribution is -2.29. The smallest absolute Gasteiger partial charge is 0.142 e. The van der Waals surface area contributed by atoms with Crippen LogP contribution in [0.2, 0.25) is 0 Å². The van der Waals surface area contributed by atoms with Crippen molar-refractivity contribution in [1.82, 2.24) is 0 Å². The van der Waals surface area contributed by atoms with E-state index in [9.17, 15) is 0 Å². The number of para-hydroxylation sites is 1. The average Bonchev–Trinajstić information content (AvgIpc) is 2.04. The highest BCUT2D eigenvalue weighted by Gasteiger charge is 2.15. The molecule has 0 atom stereocenters. The summed E-state index contributed by atoms with van der Waals surface area (Å²) in [5, 5.41) is 0. The molecule has 1 aromatic rings. The largest absolute Gasteiger partial charge is 0.490 e. The normalized spacial score (nSPS) is 15.3. The predicted octanol–water partition coefficient (Wildman–Crippen LogP) is 1.82. The molecule has 0 unspecified atom stereocenters. The van der Waals surface area contributed by atoms with Crippen molar-refractivity contribution in [1.29, 1.82) is 0 Å². The monoisotopic (exact) mass is 163 g/mol. The van der Waals surface area contributed by atoms with E-state index in [4.69, 9.17) is 4.74 Å². The number of hydrogen-bond acceptors (Lipinski definition) is 2. The van der Waals surface area contributed by atoms with Crippen LogP contribution in [0, 0.1) is 6.92 Å². The maximum Gasteiger partial charge on any atom is 0.142 e. The molecule has 2 nitrogen and oxygen atoms in total. The molecular weight excluding hydrogens is 150 g/mol. The van der Waals surface area contributed by atoms with E-state index in [-0.39, 0.29) is 0 Å². The number of nitrogens with zero attached hydrogens (tertiary/aromatic N) is 1. The van der Waals surface area contributed by atoms with E-state index in [0.717, 1.165) is 18.9 Å². The Kier molecular flexibility index (Phi) is 1.68. The van der Waals surface area contributed by atoms with Crippen LogP contribution >= 0.6 is 0 Å². The summed E-state index contributed by atoms with van der Waals surface area (Å²) in [7, 11) is 2.11. The molecule has 0 amide bonds. The van der Waals surface area contributed by atoms with E-state index in [1.54, 1.807) is 0 Å². The Hall–Kier alpha value is -1.18. The minimum absolute atomic E-state index is 0.799. The van der Waals surface area contributed by atoms with Gasteiger partial charge in [-0.1, -0.05) is 12.1 Å². The van der Waals surface area contributed by atoms with E-state index < -0.39 is 0 Å². The molecule has 1 aliphatic heterocycles. The van der Waals surface area contributed by atoms with Gasteiger partial charge in [0.2, 0.25) is 0 Å². The Morgan fingerprint density at radius 3 is 3.00 bits per heavy atom. The number of rotatable bonds is 0. The van der Waals surface area contributed by atoms with Crippen molar-refractivity contribution in [3.63, 3.8) is 0 Å². The highest BCUT2D eigenvalue weighted by molar-refractivity contribution is 5.64. The quantitative estimate of drug-likeness (QED) is 0.578. The van der Waals surface area contributed by atoms with Crippen molar-refractivity contribution in [2.75, 3.05) is 25.1 Å².